The first-order chi connectivity index (χ1) is 12.1. The highest BCUT2D eigenvalue weighted by Crippen LogP contribution is 2.12. The Bertz CT molecular complexity index is 886. The lowest BCUT2D eigenvalue weighted by molar-refractivity contribution is -0.117. The van der Waals surface area contributed by atoms with Gasteiger partial charge in [-0.05, 0) is 36.8 Å². The van der Waals surface area contributed by atoms with Gasteiger partial charge in [0.2, 0.25) is 5.91 Å². The number of benzene rings is 1. The summed E-state index contributed by atoms with van der Waals surface area (Å²) in [5.41, 5.74) is 2.19. The van der Waals surface area contributed by atoms with Crippen LogP contribution in [0.4, 0.5) is 4.39 Å². The van der Waals surface area contributed by atoms with Gasteiger partial charge in [0.15, 0.2) is 0 Å². The predicted molar refractivity (Wildman–Crippen MR) is 93.3 cm³/mol. The molecule has 0 fully saturated rings. The minimum absolute atomic E-state index is 0.190. The molecule has 1 aromatic carbocycles. The highest BCUT2D eigenvalue weighted by Gasteiger charge is 2.08. The van der Waals surface area contributed by atoms with Gasteiger partial charge in [0.25, 0.3) is 0 Å². The van der Waals surface area contributed by atoms with Crippen LogP contribution in [0.2, 0.25) is 0 Å². The Morgan fingerprint density at radius 1 is 1.24 bits per heavy atom. The fourth-order valence-electron chi connectivity index (χ4n) is 2.37. The molecule has 0 aliphatic rings. The zero-order valence-corrected chi connectivity index (χ0v) is 13.7. The van der Waals surface area contributed by atoms with Crippen molar-refractivity contribution in [2.45, 2.75) is 13.5 Å². The number of amides is 1. The Morgan fingerprint density at radius 3 is 2.76 bits per heavy atom. The first-order valence-electron chi connectivity index (χ1n) is 7.78. The number of nitrogens with one attached hydrogen (secondary N) is 1. The molecule has 0 unspecified atom stereocenters. The van der Waals surface area contributed by atoms with Crippen molar-refractivity contribution in [1.82, 2.24) is 19.9 Å². The standard InChI is InChI=1S/C19H17FN4O/c1-14(11-15-4-6-17(20)7-5-15)19(25)23-12-16-3-2-8-22-18(16)24-10-9-21-13-24/h2-11,13H,12H2,1H3,(H,23,25)/b14-11+. The first kappa shape index (κ1) is 16.6. The van der Waals surface area contributed by atoms with E-state index in [2.05, 4.69) is 15.3 Å². The number of hydrogen-bond donors (Lipinski definition) is 1. The Kier molecular flexibility index (Phi) is 4.99. The molecule has 3 rings (SSSR count). The number of imidazole rings is 1. The minimum atomic E-state index is -0.303. The number of carbonyl (C=O) groups excluding carboxylic acids is 1. The van der Waals surface area contributed by atoms with Gasteiger partial charge in [-0.3, -0.25) is 9.36 Å². The number of carbonyl (C=O) groups is 1. The summed E-state index contributed by atoms with van der Waals surface area (Å²) in [7, 11) is 0. The second-order valence-corrected chi connectivity index (χ2v) is 5.52. The van der Waals surface area contributed by atoms with Gasteiger partial charge >= 0.3 is 0 Å². The molecule has 2 heterocycles. The van der Waals surface area contributed by atoms with Crippen LogP contribution in [0.25, 0.3) is 11.9 Å². The molecule has 2 aromatic heterocycles. The molecule has 3 aromatic rings. The average Bonchev–Trinajstić information content (AvgIpc) is 3.16. The third-order valence-corrected chi connectivity index (χ3v) is 3.67. The monoisotopic (exact) mass is 336 g/mol. The van der Waals surface area contributed by atoms with Crippen LogP contribution >= 0.6 is 0 Å². The van der Waals surface area contributed by atoms with Crippen molar-refractivity contribution in [3.8, 4) is 5.82 Å². The lowest BCUT2D eigenvalue weighted by Crippen LogP contribution is -2.24. The van der Waals surface area contributed by atoms with E-state index in [-0.39, 0.29) is 11.7 Å². The SMILES string of the molecule is C/C(=C\c1ccc(F)cc1)C(=O)NCc1cccnc1-n1ccnc1. The van der Waals surface area contributed by atoms with Gasteiger partial charge in [-0.25, -0.2) is 14.4 Å². The summed E-state index contributed by atoms with van der Waals surface area (Å²) in [6.07, 6.45) is 8.54. The lowest BCUT2D eigenvalue weighted by Gasteiger charge is -2.10. The van der Waals surface area contributed by atoms with Crippen LogP contribution in [0.3, 0.4) is 0 Å². The van der Waals surface area contributed by atoms with Crippen molar-refractivity contribution >= 4 is 12.0 Å². The fraction of sp³-hybridized carbons (Fsp3) is 0.105. The van der Waals surface area contributed by atoms with Crippen molar-refractivity contribution in [1.29, 1.82) is 0 Å². The van der Waals surface area contributed by atoms with Crippen LogP contribution in [0, 0.1) is 5.82 Å². The zero-order chi connectivity index (χ0) is 17.6. The highest BCUT2D eigenvalue weighted by atomic mass is 19.1. The maximum atomic E-state index is 12.9. The molecule has 0 aliphatic carbocycles. The summed E-state index contributed by atoms with van der Waals surface area (Å²) in [6, 6.07) is 9.72. The van der Waals surface area contributed by atoms with E-state index in [1.165, 1.54) is 12.1 Å². The van der Waals surface area contributed by atoms with Gasteiger partial charge in [0, 0.05) is 36.3 Å². The number of pyridine rings is 1. The molecule has 0 atom stereocenters. The maximum absolute atomic E-state index is 12.9. The predicted octanol–water partition coefficient (Wildman–Crippen LogP) is 3.13. The van der Waals surface area contributed by atoms with Crippen LogP contribution in [0.15, 0.2) is 66.9 Å². The molecule has 0 bridgehead atoms. The van der Waals surface area contributed by atoms with Crippen molar-refractivity contribution in [2.75, 3.05) is 0 Å². The summed E-state index contributed by atoms with van der Waals surface area (Å²) in [5, 5.41) is 2.88. The van der Waals surface area contributed by atoms with Crippen LogP contribution in [-0.4, -0.2) is 20.4 Å². The molecular weight excluding hydrogens is 319 g/mol. The lowest BCUT2D eigenvalue weighted by atomic mass is 10.1. The van der Waals surface area contributed by atoms with Gasteiger partial charge in [0.1, 0.15) is 18.0 Å². The third-order valence-electron chi connectivity index (χ3n) is 3.67. The number of halogens is 1. The number of aromatic nitrogens is 3. The van der Waals surface area contributed by atoms with E-state index >= 15 is 0 Å². The number of rotatable bonds is 5. The first-order valence-corrected chi connectivity index (χ1v) is 7.78. The van der Waals surface area contributed by atoms with Gasteiger partial charge in [0.05, 0.1) is 0 Å². The molecule has 0 spiro atoms. The molecule has 0 aliphatic heterocycles. The maximum Gasteiger partial charge on any atom is 0.247 e. The molecule has 0 radical (unpaired) electrons. The summed E-state index contributed by atoms with van der Waals surface area (Å²) in [6.45, 7) is 2.06. The minimum Gasteiger partial charge on any atom is -0.348 e. The second-order valence-electron chi connectivity index (χ2n) is 5.52. The van der Waals surface area contributed by atoms with Crippen molar-refractivity contribution < 1.29 is 9.18 Å². The van der Waals surface area contributed by atoms with E-state index in [4.69, 9.17) is 0 Å². The fourth-order valence-corrected chi connectivity index (χ4v) is 2.37. The van der Waals surface area contributed by atoms with Crippen LogP contribution < -0.4 is 5.32 Å². The molecule has 0 saturated carbocycles. The summed E-state index contributed by atoms with van der Waals surface area (Å²) in [5.74, 6) is 0.230. The van der Waals surface area contributed by atoms with Crippen LogP contribution in [0.5, 0.6) is 0 Å². The Labute approximate surface area is 144 Å². The molecule has 1 N–H and O–H groups in total. The molecule has 1 amide bonds. The third kappa shape index (κ3) is 4.17. The van der Waals surface area contributed by atoms with Gasteiger partial charge in [-0.2, -0.15) is 0 Å². The quantitative estimate of drug-likeness (QED) is 0.728. The number of hydrogen-bond acceptors (Lipinski definition) is 3. The summed E-state index contributed by atoms with van der Waals surface area (Å²) < 4.78 is 14.7. The van der Waals surface area contributed by atoms with Gasteiger partial charge < -0.3 is 5.32 Å². The van der Waals surface area contributed by atoms with E-state index in [0.717, 1.165) is 16.9 Å². The molecular formula is C19H17FN4O. The van der Waals surface area contributed by atoms with E-state index in [1.54, 1.807) is 54.6 Å². The van der Waals surface area contributed by atoms with Crippen molar-refractivity contribution in [3.63, 3.8) is 0 Å². The summed E-state index contributed by atoms with van der Waals surface area (Å²) >= 11 is 0. The second kappa shape index (κ2) is 7.53. The van der Waals surface area contributed by atoms with Crippen molar-refractivity contribution in [3.05, 3.63) is 83.8 Å². The summed E-state index contributed by atoms with van der Waals surface area (Å²) in [4.78, 5) is 20.6. The largest absolute Gasteiger partial charge is 0.348 e. The van der Waals surface area contributed by atoms with Crippen LogP contribution in [-0.2, 0) is 11.3 Å². The normalized spacial score (nSPS) is 11.4. The molecule has 0 saturated heterocycles. The van der Waals surface area contributed by atoms with E-state index in [0.29, 0.717) is 12.1 Å². The smallest absolute Gasteiger partial charge is 0.247 e. The number of nitrogens with zero attached hydrogens (tertiary/aromatic N) is 3. The zero-order valence-electron chi connectivity index (χ0n) is 13.7. The van der Waals surface area contributed by atoms with E-state index in [1.807, 2.05) is 12.1 Å². The topological polar surface area (TPSA) is 59.8 Å². The Balaban J connectivity index is 1.69. The van der Waals surface area contributed by atoms with Crippen molar-refractivity contribution in [2.24, 2.45) is 0 Å². The molecule has 6 heteroatoms. The average molecular weight is 336 g/mol. The van der Waals surface area contributed by atoms with Gasteiger partial charge in [-0.1, -0.05) is 18.2 Å². The molecule has 5 nitrogen and oxygen atoms in total. The van der Waals surface area contributed by atoms with E-state index in [9.17, 15) is 9.18 Å². The van der Waals surface area contributed by atoms with Gasteiger partial charge in [-0.15, -0.1) is 0 Å². The van der Waals surface area contributed by atoms with Crippen LogP contribution in [0.1, 0.15) is 18.1 Å². The Hall–Kier alpha value is -3.28. The van der Waals surface area contributed by atoms with E-state index < -0.39 is 0 Å². The molecule has 126 valence electrons. The highest BCUT2D eigenvalue weighted by molar-refractivity contribution is 5.97. The Morgan fingerprint density at radius 2 is 2.04 bits per heavy atom. The molecule has 25 heavy (non-hydrogen) atoms.